The lowest BCUT2D eigenvalue weighted by Crippen LogP contribution is -2.40. The summed E-state index contributed by atoms with van der Waals surface area (Å²) in [5.74, 6) is -0.526. The summed E-state index contributed by atoms with van der Waals surface area (Å²) < 4.78 is 0. The van der Waals surface area contributed by atoms with E-state index >= 15 is 0 Å². The van der Waals surface area contributed by atoms with E-state index in [-0.39, 0.29) is 18.3 Å². The van der Waals surface area contributed by atoms with E-state index in [4.69, 9.17) is 5.73 Å². The van der Waals surface area contributed by atoms with Gasteiger partial charge in [0.15, 0.2) is 0 Å². The maximum Gasteiger partial charge on any atom is 0.322 e. The summed E-state index contributed by atoms with van der Waals surface area (Å²) in [6.07, 6.45) is 0.745. The van der Waals surface area contributed by atoms with E-state index in [2.05, 4.69) is 10.6 Å². The standard InChI is InChI=1S/C21H24N4O3.ClH/c1-21(19(27)23-20(28)24-21)17-9-7-16(8-10-17)18(26)25(14-12-22)13-11-15-5-3-2-4-6-15;/h2-10H,11-14,22H2,1H3,(H2,23,24,27,28);1H. The Morgan fingerprint density at radius 3 is 2.24 bits per heavy atom. The van der Waals surface area contributed by atoms with Crippen molar-refractivity contribution in [1.82, 2.24) is 15.5 Å². The number of carbonyl (C=O) groups excluding carboxylic acids is 3. The smallest absolute Gasteiger partial charge is 0.322 e. The molecule has 1 unspecified atom stereocenters. The van der Waals surface area contributed by atoms with Gasteiger partial charge >= 0.3 is 6.03 Å². The normalized spacial score (nSPS) is 17.9. The average Bonchev–Trinajstić information content (AvgIpc) is 2.98. The van der Waals surface area contributed by atoms with Crippen LogP contribution in [0.15, 0.2) is 54.6 Å². The lowest BCUT2D eigenvalue weighted by Gasteiger charge is -2.24. The fourth-order valence-corrected chi connectivity index (χ4v) is 3.25. The van der Waals surface area contributed by atoms with Crippen LogP contribution in [0.1, 0.15) is 28.4 Å². The second kappa shape index (κ2) is 9.54. The second-order valence-electron chi connectivity index (χ2n) is 6.93. The van der Waals surface area contributed by atoms with Gasteiger partial charge in [0.2, 0.25) is 0 Å². The van der Waals surface area contributed by atoms with Crippen LogP contribution in [0.2, 0.25) is 0 Å². The Morgan fingerprint density at radius 2 is 1.69 bits per heavy atom. The number of urea groups is 1. The van der Waals surface area contributed by atoms with Crippen molar-refractivity contribution in [2.24, 2.45) is 5.73 Å². The van der Waals surface area contributed by atoms with E-state index in [0.29, 0.717) is 30.8 Å². The topological polar surface area (TPSA) is 105 Å². The molecule has 1 aliphatic rings. The second-order valence-corrected chi connectivity index (χ2v) is 6.93. The van der Waals surface area contributed by atoms with E-state index in [1.54, 1.807) is 36.1 Å². The van der Waals surface area contributed by atoms with E-state index in [9.17, 15) is 14.4 Å². The molecule has 0 bridgehead atoms. The summed E-state index contributed by atoms with van der Waals surface area (Å²) in [6, 6.07) is 16.2. The number of nitrogens with one attached hydrogen (secondary N) is 2. The highest BCUT2D eigenvalue weighted by atomic mass is 35.5. The minimum atomic E-state index is -1.14. The molecule has 3 rings (SSSR count). The van der Waals surface area contributed by atoms with Crippen molar-refractivity contribution in [3.05, 3.63) is 71.3 Å². The first kappa shape index (κ1) is 22.4. The summed E-state index contributed by atoms with van der Waals surface area (Å²) >= 11 is 0. The van der Waals surface area contributed by atoms with Crippen molar-refractivity contribution >= 4 is 30.3 Å². The van der Waals surface area contributed by atoms with E-state index in [0.717, 1.165) is 12.0 Å². The molecule has 1 saturated heterocycles. The van der Waals surface area contributed by atoms with Crippen LogP contribution in [0.5, 0.6) is 0 Å². The first-order valence-corrected chi connectivity index (χ1v) is 9.21. The third-order valence-electron chi connectivity index (χ3n) is 4.95. The molecule has 1 heterocycles. The highest BCUT2D eigenvalue weighted by Crippen LogP contribution is 2.24. The Hall–Kier alpha value is -2.90. The van der Waals surface area contributed by atoms with Crippen molar-refractivity contribution in [3.8, 4) is 0 Å². The molecule has 1 atom stereocenters. The minimum Gasteiger partial charge on any atom is -0.337 e. The number of hydrogen-bond donors (Lipinski definition) is 3. The summed E-state index contributed by atoms with van der Waals surface area (Å²) in [6.45, 7) is 3.04. The first-order valence-electron chi connectivity index (χ1n) is 9.21. The van der Waals surface area contributed by atoms with Crippen LogP contribution >= 0.6 is 12.4 Å². The maximum absolute atomic E-state index is 12.9. The molecule has 0 radical (unpaired) electrons. The summed E-state index contributed by atoms with van der Waals surface area (Å²) in [5, 5.41) is 4.85. The summed E-state index contributed by atoms with van der Waals surface area (Å²) in [5.41, 5.74) is 6.83. The number of benzene rings is 2. The number of amides is 4. The first-order chi connectivity index (χ1) is 13.4. The van der Waals surface area contributed by atoms with Gasteiger partial charge in [-0.1, -0.05) is 42.5 Å². The molecule has 2 aromatic rings. The molecule has 0 aromatic heterocycles. The van der Waals surface area contributed by atoms with Gasteiger partial charge in [-0.25, -0.2) is 4.79 Å². The van der Waals surface area contributed by atoms with Gasteiger partial charge in [-0.15, -0.1) is 12.4 Å². The van der Waals surface area contributed by atoms with Crippen molar-refractivity contribution < 1.29 is 14.4 Å². The third kappa shape index (κ3) is 4.93. The molecule has 8 heteroatoms. The zero-order valence-electron chi connectivity index (χ0n) is 16.2. The van der Waals surface area contributed by atoms with Crippen LogP contribution in [0, 0.1) is 0 Å². The largest absolute Gasteiger partial charge is 0.337 e. The molecule has 7 nitrogen and oxygen atoms in total. The molecular weight excluding hydrogens is 392 g/mol. The zero-order valence-corrected chi connectivity index (χ0v) is 17.0. The monoisotopic (exact) mass is 416 g/mol. The maximum atomic E-state index is 12.9. The van der Waals surface area contributed by atoms with Gasteiger partial charge in [0.1, 0.15) is 5.54 Å². The predicted octanol–water partition coefficient (Wildman–Crippen LogP) is 1.81. The van der Waals surface area contributed by atoms with Gasteiger partial charge < -0.3 is 16.0 Å². The molecular formula is C21H25ClN4O3. The Bertz CT molecular complexity index is 873. The van der Waals surface area contributed by atoms with Crippen LogP contribution in [0.3, 0.4) is 0 Å². The number of hydrogen-bond acceptors (Lipinski definition) is 4. The lowest BCUT2D eigenvalue weighted by molar-refractivity contribution is -0.123. The number of carbonyl (C=O) groups is 3. The number of nitrogens with zero attached hydrogens (tertiary/aromatic N) is 1. The van der Waals surface area contributed by atoms with Crippen molar-refractivity contribution in [3.63, 3.8) is 0 Å². The van der Waals surface area contributed by atoms with E-state index in [1.807, 2.05) is 30.3 Å². The summed E-state index contributed by atoms with van der Waals surface area (Å²) in [7, 11) is 0. The van der Waals surface area contributed by atoms with Gasteiger partial charge in [0, 0.05) is 25.2 Å². The molecule has 0 saturated carbocycles. The average molecular weight is 417 g/mol. The van der Waals surface area contributed by atoms with Gasteiger partial charge in [-0.05, 0) is 36.6 Å². The molecule has 0 spiro atoms. The molecule has 154 valence electrons. The number of imide groups is 1. The Kier molecular flexibility index (Phi) is 7.36. The van der Waals surface area contributed by atoms with Crippen LogP contribution in [-0.4, -0.2) is 42.4 Å². The number of rotatable bonds is 7. The van der Waals surface area contributed by atoms with Crippen LogP contribution in [0.4, 0.5) is 4.79 Å². The van der Waals surface area contributed by atoms with Crippen LogP contribution in [-0.2, 0) is 16.8 Å². The number of halogens is 1. The highest BCUT2D eigenvalue weighted by Gasteiger charge is 2.43. The molecule has 2 aromatic carbocycles. The number of nitrogens with two attached hydrogens (primary N) is 1. The highest BCUT2D eigenvalue weighted by molar-refractivity contribution is 6.07. The fraction of sp³-hybridized carbons (Fsp3) is 0.286. The van der Waals surface area contributed by atoms with Gasteiger partial charge in [-0.2, -0.15) is 0 Å². The zero-order chi connectivity index (χ0) is 20.1. The van der Waals surface area contributed by atoms with Crippen molar-refractivity contribution in [2.75, 3.05) is 19.6 Å². The van der Waals surface area contributed by atoms with Crippen molar-refractivity contribution in [1.29, 1.82) is 0 Å². The summed E-state index contributed by atoms with van der Waals surface area (Å²) in [4.78, 5) is 38.1. The van der Waals surface area contributed by atoms with Crippen molar-refractivity contribution in [2.45, 2.75) is 18.9 Å². The molecule has 0 aliphatic carbocycles. The minimum absolute atomic E-state index is 0. The van der Waals surface area contributed by atoms with Crippen LogP contribution in [0.25, 0.3) is 0 Å². The lowest BCUT2D eigenvalue weighted by atomic mass is 9.91. The fourth-order valence-electron chi connectivity index (χ4n) is 3.25. The quantitative estimate of drug-likeness (QED) is 0.598. The van der Waals surface area contributed by atoms with E-state index in [1.165, 1.54) is 0 Å². The SMILES string of the molecule is CC1(c2ccc(C(=O)N(CCN)CCc3ccccc3)cc2)NC(=O)NC1=O.Cl. The Labute approximate surface area is 176 Å². The molecule has 29 heavy (non-hydrogen) atoms. The molecule has 1 fully saturated rings. The van der Waals surface area contributed by atoms with Gasteiger partial charge in [0.25, 0.3) is 11.8 Å². The Morgan fingerprint density at radius 1 is 1.03 bits per heavy atom. The molecule has 4 amide bonds. The molecule has 4 N–H and O–H groups in total. The van der Waals surface area contributed by atoms with Gasteiger partial charge in [0.05, 0.1) is 0 Å². The Balaban J connectivity index is 0.00000300. The predicted molar refractivity (Wildman–Crippen MR) is 113 cm³/mol. The molecule has 1 aliphatic heterocycles. The van der Waals surface area contributed by atoms with E-state index < -0.39 is 17.5 Å². The van der Waals surface area contributed by atoms with Gasteiger partial charge in [-0.3, -0.25) is 14.9 Å². The van der Waals surface area contributed by atoms with Crippen LogP contribution < -0.4 is 16.4 Å². The third-order valence-corrected chi connectivity index (χ3v) is 4.95.